The summed E-state index contributed by atoms with van der Waals surface area (Å²) in [6.07, 6.45) is 4.54. The highest BCUT2D eigenvalue weighted by Crippen LogP contribution is 2.34. The predicted octanol–water partition coefficient (Wildman–Crippen LogP) is 3.29. The minimum atomic E-state index is -0.462. The number of hydrogen-bond donors (Lipinski definition) is 2. The molecule has 0 aliphatic heterocycles. The third-order valence-corrected chi connectivity index (χ3v) is 4.28. The van der Waals surface area contributed by atoms with Crippen LogP contribution in [0, 0.1) is 12.3 Å². The normalized spacial score (nSPS) is 22.8. The van der Waals surface area contributed by atoms with E-state index in [1.165, 1.54) is 31.2 Å². The van der Waals surface area contributed by atoms with E-state index in [9.17, 15) is 5.11 Å². The van der Waals surface area contributed by atoms with Gasteiger partial charge in [0.05, 0.1) is 0 Å². The van der Waals surface area contributed by atoms with Crippen molar-refractivity contribution in [2.75, 3.05) is 13.2 Å². The molecule has 3 nitrogen and oxygen atoms in total. The summed E-state index contributed by atoms with van der Waals surface area (Å²) in [4.78, 5) is 0. The number of aryl methyl sites for hydroxylation is 1. The molecule has 0 spiro atoms. The van der Waals surface area contributed by atoms with Crippen LogP contribution in [0.5, 0.6) is 5.75 Å². The van der Waals surface area contributed by atoms with Crippen LogP contribution in [0.4, 0.5) is 0 Å². The van der Waals surface area contributed by atoms with Crippen LogP contribution in [0.25, 0.3) is 0 Å². The fourth-order valence-electron chi connectivity index (χ4n) is 3.13. The van der Waals surface area contributed by atoms with Gasteiger partial charge in [-0.2, -0.15) is 0 Å². The molecule has 0 bridgehead atoms. The fraction of sp³-hybridized carbons (Fsp3) is 0.667. The summed E-state index contributed by atoms with van der Waals surface area (Å²) in [5.74, 6) is 0.827. The van der Waals surface area contributed by atoms with Gasteiger partial charge in [0, 0.05) is 12.6 Å². The second kappa shape index (κ2) is 7.28. The van der Waals surface area contributed by atoms with E-state index in [0.717, 1.165) is 5.75 Å². The van der Waals surface area contributed by atoms with Crippen LogP contribution in [-0.4, -0.2) is 30.4 Å². The molecule has 0 amide bonds. The zero-order valence-corrected chi connectivity index (χ0v) is 13.6. The van der Waals surface area contributed by atoms with E-state index >= 15 is 0 Å². The Kier molecular flexibility index (Phi) is 5.65. The Morgan fingerprint density at radius 1 is 1.43 bits per heavy atom. The van der Waals surface area contributed by atoms with Crippen molar-refractivity contribution in [1.82, 2.24) is 5.32 Å². The van der Waals surface area contributed by atoms with E-state index in [-0.39, 0.29) is 0 Å². The first-order chi connectivity index (χ1) is 9.94. The molecule has 2 unspecified atom stereocenters. The van der Waals surface area contributed by atoms with Crippen molar-refractivity contribution in [2.45, 2.75) is 58.6 Å². The van der Waals surface area contributed by atoms with Gasteiger partial charge in [-0.3, -0.25) is 0 Å². The Hall–Kier alpha value is -1.06. The molecule has 3 heteroatoms. The maximum absolute atomic E-state index is 10.1. The van der Waals surface area contributed by atoms with Gasteiger partial charge in [-0.25, -0.2) is 0 Å². The van der Waals surface area contributed by atoms with Gasteiger partial charge in [0.25, 0.3) is 0 Å². The molecule has 1 aromatic carbocycles. The molecule has 1 aromatic rings. The molecule has 0 radical (unpaired) electrons. The molecular weight excluding hydrogens is 262 g/mol. The molecule has 21 heavy (non-hydrogen) atoms. The first kappa shape index (κ1) is 16.3. The lowest BCUT2D eigenvalue weighted by Gasteiger charge is -2.36. The number of nitrogens with one attached hydrogen (secondary N) is 1. The summed E-state index contributed by atoms with van der Waals surface area (Å²) in [7, 11) is 0. The second-order valence-electron chi connectivity index (χ2n) is 7.15. The van der Waals surface area contributed by atoms with Gasteiger partial charge in [0.2, 0.25) is 0 Å². The second-order valence-corrected chi connectivity index (χ2v) is 7.15. The molecule has 0 saturated heterocycles. The predicted molar refractivity (Wildman–Crippen MR) is 86.7 cm³/mol. The van der Waals surface area contributed by atoms with Gasteiger partial charge in [-0.15, -0.1) is 0 Å². The molecule has 1 aliphatic carbocycles. The van der Waals surface area contributed by atoms with Gasteiger partial charge >= 0.3 is 0 Å². The quantitative estimate of drug-likeness (QED) is 0.845. The topological polar surface area (TPSA) is 41.5 Å². The van der Waals surface area contributed by atoms with Crippen molar-refractivity contribution in [2.24, 2.45) is 5.41 Å². The number of hydrogen-bond acceptors (Lipinski definition) is 3. The van der Waals surface area contributed by atoms with Crippen molar-refractivity contribution in [3.8, 4) is 5.75 Å². The van der Waals surface area contributed by atoms with Crippen LogP contribution in [0.3, 0.4) is 0 Å². The summed E-state index contributed by atoms with van der Waals surface area (Å²) >= 11 is 0. The van der Waals surface area contributed by atoms with Crippen molar-refractivity contribution in [3.63, 3.8) is 0 Å². The van der Waals surface area contributed by atoms with E-state index in [2.05, 4.69) is 19.2 Å². The van der Waals surface area contributed by atoms with Crippen LogP contribution >= 0.6 is 0 Å². The molecule has 2 rings (SSSR count). The first-order valence-corrected chi connectivity index (χ1v) is 8.05. The van der Waals surface area contributed by atoms with Crippen LogP contribution < -0.4 is 10.1 Å². The lowest BCUT2D eigenvalue weighted by molar-refractivity contribution is 0.0965. The molecule has 0 aromatic heterocycles. The smallest absolute Gasteiger partial charge is 0.119 e. The van der Waals surface area contributed by atoms with Crippen LogP contribution in [-0.2, 0) is 0 Å². The maximum atomic E-state index is 10.1. The van der Waals surface area contributed by atoms with Crippen LogP contribution in [0.2, 0.25) is 0 Å². The molecule has 2 N–H and O–H groups in total. The van der Waals surface area contributed by atoms with Crippen LogP contribution in [0.15, 0.2) is 24.3 Å². The molecular formula is C18H29NO2. The Bertz CT molecular complexity index is 445. The largest absolute Gasteiger partial charge is 0.491 e. The van der Waals surface area contributed by atoms with Gasteiger partial charge in [0.15, 0.2) is 0 Å². The Labute approximate surface area is 128 Å². The zero-order chi connectivity index (χ0) is 15.3. The van der Waals surface area contributed by atoms with E-state index in [4.69, 9.17) is 4.74 Å². The van der Waals surface area contributed by atoms with E-state index in [1.54, 1.807) is 0 Å². The third-order valence-electron chi connectivity index (χ3n) is 4.28. The van der Waals surface area contributed by atoms with Crippen molar-refractivity contribution in [1.29, 1.82) is 0 Å². The summed E-state index contributed by atoms with van der Waals surface area (Å²) in [5.41, 5.74) is 1.60. The number of rotatable bonds is 6. The zero-order valence-electron chi connectivity index (χ0n) is 13.6. The Morgan fingerprint density at radius 3 is 2.95 bits per heavy atom. The van der Waals surface area contributed by atoms with E-state index in [1.807, 2.05) is 31.2 Å². The maximum Gasteiger partial charge on any atom is 0.119 e. The number of aliphatic hydroxyl groups excluding tert-OH is 1. The SMILES string of the molecule is Cc1cccc(OCC(O)CNC2CCCC(C)(C)C2)c1. The number of ether oxygens (including phenoxy) is 1. The highest BCUT2D eigenvalue weighted by molar-refractivity contribution is 5.27. The van der Waals surface area contributed by atoms with E-state index < -0.39 is 6.10 Å². The molecule has 0 heterocycles. The van der Waals surface area contributed by atoms with E-state index in [0.29, 0.717) is 24.6 Å². The molecule has 1 fully saturated rings. The Morgan fingerprint density at radius 2 is 2.24 bits per heavy atom. The minimum absolute atomic E-state index is 0.340. The number of aliphatic hydroxyl groups is 1. The Balaban J connectivity index is 1.69. The third kappa shape index (κ3) is 5.68. The molecule has 1 saturated carbocycles. The molecule has 1 aliphatic rings. The standard InChI is InChI=1S/C18H29NO2/c1-14-6-4-8-17(10-14)21-13-16(20)12-19-15-7-5-9-18(2,3)11-15/h4,6,8,10,15-16,19-20H,5,7,9,11-13H2,1-3H3. The highest BCUT2D eigenvalue weighted by atomic mass is 16.5. The summed E-state index contributed by atoms with van der Waals surface area (Å²) < 4.78 is 5.64. The van der Waals surface area contributed by atoms with Gasteiger partial charge in [-0.05, 0) is 49.3 Å². The summed E-state index contributed by atoms with van der Waals surface area (Å²) in [6.45, 7) is 7.64. The van der Waals surface area contributed by atoms with Crippen molar-refractivity contribution in [3.05, 3.63) is 29.8 Å². The summed E-state index contributed by atoms with van der Waals surface area (Å²) in [6, 6.07) is 8.46. The average molecular weight is 291 g/mol. The van der Waals surface area contributed by atoms with Crippen LogP contribution in [0.1, 0.15) is 45.1 Å². The van der Waals surface area contributed by atoms with Gasteiger partial charge in [-0.1, -0.05) is 32.4 Å². The molecule has 118 valence electrons. The van der Waals surface area contributed by atoms with Gasteiger partial charge in [0.1, 0.15) is 18.5 Å². The monoisotopic (exact) mass is 291 g/mol. The summed E-state index contributed by atoms with van der Waals surface area (Å²) in [5, 5.41) is 13.5. The molecule has 2 atom stereocenters. The highest BCUT2D eigenvalue weighted by Gasteiger charge is 2.27. The minimum Gasteiger partial charge on any atom is -0.491 e. The lowest BCUT2D eigenvalue weighted by Crippen LogP contribution is -2.42. The van der Waals surface area contributed by atoms with Gasteiger partial charge < -0.3 is 15.2 Å². The first-order valence-electron chi connectivity index (χ1n) is 8.05. The average Bonchev–Trinajstić information content (AvgIpc) is 2.42. The van der Waals surface area contributed by atoms with Crippen molar-refractivity contribution < 1.29 is 9.84 Å². The fourth-order valence-corrected chi connectivity index (χ4v) is 3.13. The number of benzene rings is 1. The lowest BCUT2D eigenvalue weighted by atomic mass is 9.75. The van der Waals surface area contributed by atoms with Crippen molar-refractivity contribution >= 4 is 0 Å².